The van der Waals surface area contributed by atoms with Gasteiger partial charge >= 0.3 is 12.1 Å². The van der Waals surface area contributed by atoms with Gasteiger partial charge in [-0.2, -0.15) is 0 Å². The summed E-state index contributed by atoms with van der Waals surface area (Å²) in [6, 6.07) is 1.60. The van der Waals surface area contributed by atoms with Crippen LogP contribution in [-0.4, -0.2) is 33.9 Å². The molecule has 0 fully saturated rings. The van der Waals surface area contributed by atoms with Crippen molar-refractivity contribution in [2.45, 2.75) is 66.1 Å². The average Bonchev–Trinajstić information content (AvgIpc) is 2.71. The standard InChI is InChI=1S/C17H27NO5/c1-7-8-9-22-15(20)14(19)13-10-11(2)18(12(13)3)16(21)23-17(4,5)6/h10,14,19H,7-9H2,1-6H3/t14-/m1/s1. The van der Waals surface area contributed by atoms with Gasteiger partial charge in [0.25, 0.3) is 0 Å². The number of nitrogens with zero attached hydrogens (tertiary/aromatic N) is 1. The van der Waals surface area contributed by atoms with E-state index in [-0.39, 0.29) is 6.61 Å². The lowest BCUT2D eigenvalue weighted by Crippen LogP contribution is -2.28. The van der Waals surface area contributed by atoms with Crippen LogP contribution in [0.15, 0.2) is 6.07 Å². The Hall–Kier alpha value is -1.82. The van der Waals surface area contributed by atoms with Gasteiger partial charge in [-0.05, 0) is 47.1 Å². The van der Waals surface area contributed by atoms with Crippen LogP contribution in [0.4, 0.5) is 4.79 Å². The molecule has 0 aliphatic carbocycles. The highest BCUT2D eigenvalue weighted by Gasteiger charge is 2.27. The second-order valence-corrected chi connectivity index (χ2v) is 6.57. The van der Waals surface area contributed by atoms with E-state index in [2.05, 4.69) is 0 Å². The molecule has 1 atom stereocenters. The normalized spacial score (nSPS) is 12.8. The second kappa shape index (κ2) is 7.64. The van der Waals surface area contributed by atoms with Crippen LogP contribution in [0.3, 0.4) is 0 Å². The zero-order valence-corrected chi connectivity index (χ0v) is 14.8. The molecule has 0 aliphatic heterocycles. The molecule has 0 saturated heterocycles. The predicted molar refractivity (Wildman–Crippen MR) is 86.4 cm³/mol. The molecule has 1 aromatic heterocycles. The molecule has 6 nitrogen and oxygen atoms in total. The lowest BCUT2D eigenvalue weighted by Gasteiger charge is -2.21. The first-order valence-corrected chi connectivity index (χ1v) is 7.85. The zero-order valence-electron chi connectivity index (χ0n) is 14.8. The van der Waals surface area contributed by atoms with E-state index in [0.29, 0.717) is 17.0 Å². The highest BCUT2D eigenvalue weighted by atomic mass is 16.6. The van der Waals surface area contributed by atoms with E-state index >= 15 is 0 Å². The van der Waals surface area contributed by atoms with Crippen molar-refractivity contribution in [3.8, 4) is 0 Å². The van der Waals surface area contributed by atoms with Gasteiger partial charge in [0.2, 0.25) is 0 Å². The fourth-order valence-electron chi connectivity index (χ4n) is 2.18. The summed E-state index contributed by atoms with van der Waals surface area (Å²) < 4.78 is 11.7. The summed E-state index contributed by atoms with van der Waals surface area (Å²) in [7, 11) is 0. The Morgan fingerprint density at radius 2 is 1.91 bits per heavy atom. The number of aryl methyl sites for hydroxylation is 1. The zero-order chi connectivity index (χ0) is 17.8. The third kappa shape index (κ3) is 5.10. The number of ether oxygens (including phenoxy) is 2. The molecule has 1 aromatic rings. The smallest absolute Gasteiger partial charge is 0.418 e. The summed E-state index contributed by atoms with van der Waals surface area (Å²) in [5.41, 5.74) is 0.789. The number of unbranched alkanes of at least 4 members (excludes halogenated alkanes) is 1. The van der Waals surface area contributed by atoms with Crippen LogP contribution in [0.1, 0.15) is 63.6 Å². The van der Waals surface area contributed by atoms with Crippen LogP contribution in [0.25, 0.3) is 0 Å². The van der Waals surface area contributed by atoms with Crippen molar-refractivity contribution in [3.63, 3.8) is 0 Å². The van der Waals surface area contributed by atoms with Gasteiger partial charge in [0, 0.05) is 17.0 Å². The van der Waals surface area contributed by atoms with Crippen LogP contribution in [0.2, 0.25) is 0 Å². The number of hydrogen-bond acceptors (Lipinski definition) is 5. The molecule has 1 rings (SSSR count). The number of esters is 1. The second-order valence-electron chi connectivity index (χ2n) is 6.57. The van der Waals surface area contributed by atoms with Crippen molar-refractivity contribution in [2.75, 3.05) is 6.61 Å². The van der Waals surface area contributed by atoms with Crippen molar-refractivity contribution >= 4 is 12.1 Å². The maximum absolute atomic E-state index is 12.3. The molecular formula is C17H27NO5. The van der Waals surface area contributed by atoms with Gasteiger partial charge in [-0.1, -0.05) is 13.3 Å². The Morgan fingerprint density at radius 3 is 2.43 bits per heavy atom. The predicted octanol–water partition coefficient (Wildman–Crippen LogP) is 3.26. The van der Waals surface area contributed by atoms with Gasteiger partial charge in [-0.15, -0.1) is 0 Å². The fourth-order valence-corrected chi connectivity index (χ4v) is 2.18. The molecule has 1 heterocycles. The van der Waals surface area contributed by atoms with Gasteiger partial charge < -0.3 is 14.6 Å². The molecule has 0 aromatic carbocycles. The summed E-state index contributed by atoms with van der Waals surface area (Å²) in [5, 5.41) is 10.2. The van der Waals surface area contributed by atoms with Crippen LogP contribution >= 0.6 is 0 Å². The Balaban J connectivity index is 2.96. The number of aromatic nitrogens is 1. The topological polar surface area (TPSA) is 77.8 Å². The fraction of sp³-hybridized carbons (Fsp3) is 0.647. The van der Waals surface area contributed by atoms with Gasteiger partial charge in [0.05, 0.1) is 6.61 Å². The largest absolute Gasteiger partial charge is 0.464 e. The Morgan fingerprint density at radius 1 is 1.30 bits per heavy atom. The van der Waals surface area contributed by atoms with Crippen molar-refractivity contribution in [1.29, 1.82) is 0 Å². The Labute approximate surface area is 137 Å². The minimum absolute atomic E-state index is 0.275. The number of rotatable bonds is 5. The summed E-state index contributed by atoms with van der Waals surface area (Å²) in [6.07, 6.45) is -0.300. The van der Waals surface area contributed by atoms with Gasteiger partial charge in [0.15, 0.2) is 6.10 Å². The summed E-state index contributed by atoms with van der Waals surface area (Å²) in [6.45, 7) is 11.0. The Kier molecular flexibility index (Phi) is 6.38. The first-order valence-electron chi connectivity index (χ1n) is 7.85. The lowest BCUT2D eigenvalue weighted by atomic mass is 10.1. The molecule has 0 spiro atoms. The highest BCUT2D eigenvalue weighted by molar-refractivity contribution is 5.79. The van der Waals surface area contributed by atoms with E-state index in [4.69, 9.17) is 9.47 Å². The van der Waals surface area contributed by atoms with Gasteiger partial charge in [0.1, 0.15) is 5.60 Å². The van der Waals surface area contributed by atoms with E-state index < -0.39 is 23.8 Å². The van der Waals surface area contributed by atoms with E-state index in [0.717, 1.165) is 12.8 Å². The van der Waals surface area contributed by atoms with Gasteiger partial charge in [-0.3, -0.25) is 4.57 Å². The molecule has 0 radical (unpaired) electrons. The minimum Gasteiger partial charge on any atom is -0.464 e. The molecule has 0 amide bonds. The molecule has 0 bridgehead atoms. The maximum Gasteiger partial charge on any atom is 0.418 e. The van der Waals surface area contributed by atoms with E-state index in [1.54, 1.807) is 40.7 Å². The van der Waals surface area contributed by atoms with E-state index in [1.165, 1.54) is 4.57 Å². The summed E-state index contributed by atoms with van der Waals surface area (Å²) in [5.74, 6) is -0.706. The summed E-state index contributed by atoms with van der Waals surface area (Å²) in [4.78, 5) is 24.2. The molecule has 0 aliphatic rings. The SMILES string of the molecule is CCCCOC(=O)[C@H](O)c1cc(C)n(C(=O)OC(C)(C)C)c1C. The van der Waals surface area contributed by atoms with Crippen LogP contribution in [0.5, 0.6) is 0 Å². The van der Waals surface area contributed by atoms with Gasteiger partial charge in [-0.25, -0.2) is 9.59 Å². The van der Waals surface area contributed by atoms with Crippen LogP contribution in [-0.2, 0) is 14.3 Å². The van der Waals surface area contributed by atoms with Crippen molar-refractivity contribution < 1.29 is 24.2 Å². The molecule has 6 heteroatoms. The molecule has 0 saturated carbocycles. The Bertz CT molecular complexity index is 568. The third-order valence-electron chi connectivity index (χ3n) is 3.31. The number of hydrogen-bond donors (Lipinski definition) is 1. The highest BCUT2D eigenvalue weighted by Crippen LogP contribution is 2.24. The monoisotopic (exact) mass is 325 g/mol. The molecule has 23 heavy (non-hydrogen) atoms. The molecule has 130 valence electrons. The number of aliphatic hydroxyl groups is 1. The first-order chi connectivity index (χ1) is 10.6. The quantitative estimate of drug-likeness (QED) is 0.664. The van der Waals surface area contributed by atoms with Crippen LogP contribution in [0, 0.1) is 13.8 Å². The molecular weight excluding hydrogens is 298 g/mol. The molecule has 0 unspecified atom stereocenters. The average molecular weight is 325 g/mol. The minimum atomic E-state index is -1.41. The van der Waals surface area contributed by atoms with E-state index in [1.807, 2.05) is 6.92 Å². The first kappa shape index (κ1) is 19.2. The van der Waals surface area contributed by atoms with Crippen molar-refractivity contribution in [1.82, 2.24) is 4.57 Å². The molecule has 1 N–H and O–H groups in total. The third-order valence-corrected chi connectivity index (χ3v) is 3.31. The maximum atomic E-state index is 12.3. The van der Waals surface area contributed by atoms with Crippen molar-refractivity contribution in [3.05, 3.63) is 23.0 Å². The van der Waals surface area contributed by atoms with Crippen molar-refractivity contribution in [2.24, 2.45) is 0 Å². The number of aliphatic hydroxyl groups excluding tert-OH is 1. The summed E-state index contributed by atoms with van der Waals surface area (Å²) >= 11 is 0. The number of carbonyl (C=O) groups is 2. The van der Waals surface area contributed by atoms with E-state index in [9.17, 15) is 14.7 Å². The lowest BCUT2D eigenvalue weighted by molar-refractivity contribution is -0.154. The number of carbonyl (C=O) groups excluding carboxylic acids is 2. The van der Waals surface area contributed by atoms with Crippen LogP contribution < -0.4 is 0 Å².